The minimum absolute atomic E-state index is 0.536. The average Bonchev–Trinajstić information content (AvgIpc) is 2.28. The van der Waals surface area contributed by atoms with Crippen molar-refractivity contribution >= 4 is 0 Å². The first-order valence-electron chi connectivity index (χ1n) is 5.94. The Bertz CT molecular complexity index is 189. The highest BCUT2D eigenvalue weighted by atomic mass is 14.6. The monoisotopic (exact) mass is 210 g/mol. The minimum atomic E-state index is 0.536. The Labute approximate surface area is 94.4 Å². The standard InChI is InChI=1S/C7H13N.C6H13N/c1-3-7(2)5-4-6-8;7-6-4-2-1-3-5-6/h3-4,6H,5,8H2,1-2H3;6H,1-5,7H2/b6-4-,7-3-;. The van der Waals surface area contributed by atoms with E-state index >= 15 is 0 Å². The molecule has 88 valence electrons. The Hall–Kier alpha value is -0.760. The van der Waals surface area contributed by atoms with Crippen LogP contribution < -0.4 is 11.5 Å². The fraction of sp³-hybridized carbons (Fsp3) is 0.692. The predicted molar refractivity (Wildman–Crippen MR) is 68.4 cm³/mol. The SMILES string of the molecule is C/C=C(/C)C/C=C\N.NC1CCCCC1. The van der Waals surface area contributed by atoms with Crippen molar-refractivity contribution in [2.24, 2.45) is 11.5 Å². The highest BCUT2D eigenvalue weighted by Crippen LogP contribution is 2.14. The van der Waals surface area contributed by atoms with Crippen LogP contribution in [0.5, 0.6) is 0 Å². The van der Waals surface area contributed by atoms with Crippen molar-refractivity contribution in [1.82, 2.24) is 0 Å². The summed E-state index contributed by atoms with van der Waals surface area (Å²) >= 11 is 0. The third-order valence-electron chi connectivity index (χ3n) is 2.72. The van der Waals surface area contributed by atoms with Gasteiger partial charge in [0.05, 0.1) is 0 Å². The zero-order valence-corrected chi connectivity index (χ0v) is 10.2. The highest BCUT2D eigenvalue weighted by Gasteiger charge is 2.06. The summed E-state index contributed by atoms with van der Waals surface area (Å²) < 4.78 is 0. The topological polar surface area (TPSA) is 52.0 Å². The van der Waals surface area contributed by atoms with E-state index in [-0.39, 0.29) is 0 Å². The molecule has 0 aliphatic heterocycles. The number of nitrogens with two attached hydrogens (primary N) is 2. The summed E-state index contributed by atoms with van der Waals surface area (Å²) in [6.45, 7) is 4.11. The lowest BCUT2D eigenvalue weighted by Crippen LogP contribution is -2.22. The summed E-state index contributed by atoms with van der Waals surface area (Å²) in [5.41, 5.74) is 12.1. The van der Waals surface area contributed by atoms with Gasteiger partial charge in [0.25, 0.3) is 0 Å². The Kier molecular flexibility index (Phi) is 9.29. The summed E-state index contributed by atoms with van der Waals surface area (Å²) in [5.74, 6) is 0. The quantitative estimate of drug-likeness (QED) is 0.688. The van der Waals surface area contributed by atoms with Gasteiger partial charge in [-0.1, -0.05) is 37.0 Å². The smallest absolute Gasteiger partial charge is 0.00388 e. The van der Waals surface area contributed by atoms with E-state index in [1.54, 1.807) is 6.20 Å². The summed E-state index contributed by atoms with van der Waals surface area (Å²) in [7, 11) is 0. The van der Waals surface area contributed by atoms with Gasteiger partial charge in [0.15, 0.2) is 0 Å². The van der Waals surface area contributed by atoms with E-state index in [1.807, 2.05) is 13.0 Å². The second-order valence-corrected chi connectivity index (χ2v) is 4.17. The van der Waals surface area contributed by atoms with Gasteiger partial charge in [0, 0.05) is 6.04 Å². The summed E-state index contributed by atoms with van der Waals surface area (Å²) in [5, 5.41) is 0. The lowest BCUT2D eigenvalue weighted by Gasteiger charge is -2.15. The maximum Gasteiger partial charge on any atom is 0.00388 e. The third kappa shape index (κ3) is 9.54. The van der Waals surface area contributed by atoms with Crippen molar-refractivity contribution in [2.75, 3.05) is 0 Å². The van der Waals surface area contributed by atoms with Crippen molar-refractivity contribution in [3.05, 3.63) is 23.9 Å². The molecule has 1 aliphatic rings. The van der Waals surface area contributed by atoms with E-state index in [0.29, 0.717) is 6.04 Å². The zero-order chi connectivity index (χ0) is 11.5. The Morgan fingerprint density at radius 1 is 1.27 bits per heavy atom. The molecule has 1 rings (SSSR count). The van der Waals surface area contributed by atoms with Crippen LogP contribution >= 0.6 is 0 Å². The first kappa shape index (κ1) is 14.2. The van der Waals surface area contributed by atoms with Crippen molar-refractivity contribution in [2.45, 2.75) is 58.4 Å². The van der Waals surface area contributed by atoms with Crippen LogP contribution in [0.15, 0.2) is 23.9 Å². The molecule has 15 heavy (non-hydrogen) atoms. The maximum absolute atomic E-state index is 5.63. The highest BCUT2D eigenvalue weighted by molar-refractivity contribution is 5.01. The molecule has 0 unspecified atom stereocenters. The first-order valence-corrected chi connectivity index (χ1v) is 5.94. The first-order chi connectivity index (χ1) is 7.20. The summed E-state index contributed by atoms with van der Waals surface area (Å²) in [4.78, 5) is 0. The molecule has 4 N–H and O–H groups in total. The van der Waals surface area contributed by atoms with Crippen LogP contribution in [0.4, 0.5) is 0 Å². The van der Waals surface area contributed by atoms with E-state index in [0.717, 1.165) is 6.42 Å². The summed E-state index contributed by atoms with van der Waals surface area (Å²) in [6.07, 6.45) is 13.2. The normalized spacial score (nSPS) is 18.7. The van der Waals surface area contributed by atoms with E-state index in [2.05, 4.69) is 13.0 Å². The molecule has 0 radical (unpaired) electrons. The number of allylic oxidation sites excluding steroid dienone is 3. The zero-order valence-electron chi connectivity index (χ0n) is 10.2. The molecule has 0 bridgehead atoms. The van der Waals surface area contributed by atoms with Crippen molar-refractivity contribution in [3.8, 4) is 0 Å². The molecule has 0 atom stereocenters. The van der Waals surface area contributed by atoms with Crippen molar-refractivity contribution in [3.63, 3.8) is 0 Å². The van der Waals surface area contributed by atoms with Crippen LogP contribution in [0.3, 0.4) is 0 Å². The van der Waals surface area contributed by atoms with Crippen molar-refractivity contribution < 1.29 is 0 Å². The van der Waals surface area contributed by atoms with Gasteiger partial charge in [-0.2, -0.15) is 0 Å². The van der Waals surface area contributed by atoms with E-state index < -0.39 is 0 Å². The minimum Gasteiger partial charge on any atom is -0.405 e. The average molecular weight is 210 g/mol. The van der Waals surface area contributed by atoms with Gasteiger partial charge in [-0.05, 0) is 39.3 Å². The van der Waals surface area contributed by atoms with Gasteiger partial charge >= 0.3 is 0 Å². The molecule has 0 aromatic carbocycles. The fourth-order valence-corrected chi connectivity index (χ4v) is 1.51. The maximum atomic E-state index is 5.63. The molecule has 0 heterocycles. The molecule has 0 amide bonds. The Balaban J connectivity index is 0.000000262. The molecule has 2 heteroatoms. The molecular weight excluding hydrogens is 184 g/mol. The molecule has 0 aromatic heterocycles. The molecule has 0 aromatic rings. The molecule has 1 fully saturated rings. The van der Waals surface area contributed by atoms with Gasteiger partial charge < -0.3 is 11.5 Å². The molecule has 0 spiro atoms. The van der Waals surface area contributed by atoms with Crippen LogP contribution in [0.1, 0.15) is 52.4 Å². The molecule has 1 aliphatic carbocycles. The van der Waals surface area contributed by atoms with Crippen LogP contribution in [-0.4, -0.2) is 6.04 Å². The second kappa shape index (κ2) is 9.78. The second-order valence-electron chi connectivity index (χ2n) is 4.17. The molecular formula is C13H26N2. The van der Waals surface area contributed by atoms with Gasteiger partial charge in [-0.25, -0.2) is 0 Å². The fourth-order valence-electron chi connectivity index (χ4n) is 1.51. The number of hydrogen-bond donors (Lipinski definition) is 2. The van der Waals surface area contributed by atoms with Gasteiger partial charge in [0.1, 0.15) is 0 Å². The number of hydrogen-bond acceptors (Lipinski definition) is 2. The van der Waals surface area contributed by atoms with Crippen LogP contribution in [0, 0.1) is 0 Å². The molecule has 1 saturated carbocycles. The van der Waals surface area contributed by atoms with E-state index in [4.69, 9.17) is 11.5 Å². The van der Waals surface area contributed by atoms with Crippen molar-refractivity contribution in [1.29, 1.82) is 0 Å². The Morgan fingerprint density at radius 2 is 1.87 bits per heavy atom. The van der Waals surface area contributed by atoms with Gasteiger partial charge in [0.2, 0.25) is 0 Å². The van der Waals surface area contributed by atoms with Crippen LogP contribution in [-0.2, 0) is 0 Å². The predicted octanol–water partition coefficient (Wildman–Crippen LogP) is 3.09. The third-order valence-corrected chi connectivity index (χ3v) is 2.72. The van der Waals surface area contributed by atoms with Gasteiger partial charge in [-0.15, -0.1) is 0 Å². The number of rotatable bonds is 2. The van der Waals surface area contributed by atoms with E-state index in [9.17, 15) is 0 Å². The summed E-state index contributed by atoms with van der Waals surface area (Å²) in [6, 6.07) is 0.536. The largest absolute Gasteiger partial charge is 0.405 e. The molecule has 2 nitrogen and oxygen atoms in total. The van der Waals surface area contributed by atoms with Crippen LogP contribution in [0.2, 0.25) is 0 Å². The lowest BCUT2D eigenvalue weighted by molar-refractivity contribution is 0.441. The Morgan fingerprint density at radius 3 is 2.20 bits per heavy atom. The molecule has 0 saturated heterocycles. The van der Waals surface area contributed by atoms with Gasteiger partial charge in [-0.3, -0.25) is 0 Å². The van der Waals surface area contributed by atoms with Crippen LogP contribution in [0.25, 0.3) is 0 Å². The lowest BCUT2D eigenvalue weighted by atomic mass is 9.97. The van der Waals surface area contributed by atoms with E-state index in [1.165, 1.54) is 37.7 Å².